The van der Waals surface area contributed by atoms with Crippen molar-refractivity contribution >= 4 is 33.5 Å². The Morgan fingerprint density at radius 3 is 1.33 bits per heavy atom. The normalized spacial score (nSPS) is 24.8. The molecular weight excluding hydrogens is 348 g/mol. The zero-order valence-corrected chi connectivity index (χ0v) is 17.0. The first-order valence-electron chi connectivity index (χ1n) is 8.09. The molecule has 0 aromatic heterocycles. The van der Waals surface area contributed by atoms with Crippen molar-refractivity contribution in [1.82, 2.24) is 0 Å². The smallest absolute Gasteiger partial charge is 0.324 e. The lowest BCUT2D eigenvalue weighted by atomic mass is 10.0. The Morgan fingerprint density at radius 2 is 1.12 bits per heavy atom. The summed E-state index contributed by atoms with van der Waals surface area (Å²) in [7, 11) is 3.00. The predicted molar refractivity (Wildman–Crippen MR) is 99.6 cm³/mol. The van der Waals surface area contributed by atoms with Crippen LogP contribution in [-0.4, -0.2) is 45.7 Å². The molecule has 6 nitrogen and oxygen atoms in total. The lowest BCUT2D eigenvalue weighted by molar-refractivity contribution is -0.157. The molecular formula is C16H30N2O4S2. The van der Waals surface area contributed by atoms with Crippen LogP contribution >= 0.6 is 21.6 Å². The number of nitrogens with two attached hydrogens (primary N) is 2. The SMILES string of the molecule is CC(C)(C)OC(=O)C(N)C1CCC(C(N)C(=O)OC(C)(C)C)SS1. The minimum atomic E-state index is -0.680. The molecule has 0 bridgehead atoms. The summed E-state index contributed by atoms with van der Waals surface area (Å²) in [6.07, 6.45) is 1.42. The molecule has 0 aliphatic carbocycles. The molecule has 4 unspecified atom stereocenters. The highest BCUT2D eigenvalue weighted by Gasteiger charge is 2.37. The van der Waals surface area contributed by atoms with E-state index in [1.165, 1.54) is 21.6 Å². The van der Waals surface area contributed by atoms with Crippen LogP contribution in [0.2, 0.25) is 0 Å². The summed E-state index contributed by atoms with van der Waals surface area (Å²) in [4.78, 5) is 24.1. The second-order valence-corrected chi connectivity index (χ2v) is 10.7. The monoisotopic (exact) mass is 378 g/mol. The van der Waals surface area contributed by atoms with Gasteiger partial charge in [0.15, 0.2) is 0 Å². The molecule has 4 N–H and O–H groups in total. The van der Waals surface area contributed by atoms with E-state index in [4.69, 9.17) is 20.9 Å². The lowest BCUT2D eigenvalue weighted by Crippen LogP contribution is -2.48. The van der Waals surface area contributed by atoms with Crippen molar-refractivity contribution in [2.45, 2.75) is 88.2 Å². The van der Waals surface area contributed by atoms with E-state index in [2.05, 4.69) is 0 Å². The van der Waals surface area contributed by atoms with E-state index in [9.17, 15) is 9.59 Å². The first kappa shape index (κ1) is 21.6. The average Bonchev–Trinajstić information content (AvgIpc) is 2.42. The Bertz CT molecular complexity index is 410. The second kappa shape index (κ2) is 8.29. The first-order chi connectivity index (χ1) is 10.8. The van der Waals surface area contributed by atoms with Crippen molar-refractivity contribution in [2.24, 2.45) is 11.5 Å². The van der Waals surface area contributed by atoms with Crippen molar-refractivity contribution in [3.63, 3.8) is 0 Å². The minimum absolute atomic E-state index is 0.0491. The van der Waals surface area contributed by atoms with Gasteiger partial charge in [0.1, 0.15) is 23.3 Å². The number of hydrogen-bond acceptors (Lipinski definition) is 8. The van der Waals surface area contributed by atoms with Crippen molar-refractivity contribution in [3.05, 3.63) is 0 Å². The van der Waals surface area contributed by atoms with Gasteiger partial charge in [0.25, 0.3) is 0 Å². The fourth-order valence-electron chi connectivity index (χ4n) is 2.09. The summed E-state index contributed by atoms with van der Waals surface area (Å²) < 4.78 is 10.7. The highest BCUT2D eigenvalue weighted by Crippen LogP contribution is 2.43. The molecule has 0 aromatic rings. The van der Waals surface area contributed by atoms with E-state index >= 15 is 0 Å². The summed E-state index contributed by atoms with van der Waals surface area (Å²) in [5.41, 5.74) is 11.0. The number of rotatable bonds is 4. The van der Waals surface area contributed by atoms with Crippen molar-refractivity contribution < 1.29 is 19.1 Å². The maximum Gasteiger partial charge on any atom is 0.324 e. The number of carbonyl (C=O) groups is 2. The van der Waals surface area contributed by atoms with Crippen molar-refractivity contribution in [1.29, 1.82) is 0 Å². The van der Waals surface area contributed by atoms with Crippen LogP contribution in [0, 0.1) is 0 Å². The third-order valence-electron chi connectivity index (χ3n) is 3.20. The van der Waals surface area contributed by atoms with Crippen molar-refractivity contribution in [3.8, 4) is 0 Å². The van der Waals surface area contributed by atoms with Crippen LogP contribution in [0.1, 0.15) is 54.4 Å². The highest BCUT2D eigenvalue weighted by atomic mass is 33.1. The molecule has 140 valence electrons. The fourth-order valence-corrected chi connectivity index (χ4v) is 5.45. The Morgan fingerprint density at radius 1 is 0.833 bits per heavy atom. The van der Waals surface area contributed by atoms with Gasteiger partial charge >= 0.3 is 11.9 Å². The molecule has 0 radical (unpaired) electrons. The van der Waals surface area contributed by atoms with E-state index in [-0.39, 0.29) is 10.5 Å². The van der Waals surface area contributed by atoms with Gasteiger partial charge in [-0.3, -0.25) is 9.59 Å². The van der Waals surface area contributed by atoms with E-state index in [1.807, 2.05) is 41.5 Å². The van der Waals surface area contributed by atoms with E-state index in [0.717, 1.165) is 0 Å². The summed E-state index contributed by atoms with van der Waals surface area (Å²) in [6, 6.07) is -1.36. The van der Waals surface area contributed by atoms with E-state index < -0.39 is 35.2 Å². The van der Waals surface area contributed by atoms with Crippen LogP contribution in [0.25, 0.3) is 0 Å². The molecule has 0 amide bonds. The third-order valence-corrected chi connectivity index (χ3v) is 6.68. The molecule has 0 spiro atoms. The Labute approximate surface area is 152 Å². The number of hydrogen-bond donors (Lipinski definition) is 2. The van der Waals surface area contributed by atoms with Crippen LogP contribution in [0.3, 0.4) is 0 Å². The summed E-state index contributed by atoms with van der Waals surface area (Å²) >= 11 is 0. The van der Waals surface area contributed by atoms with Gasteiger partial charge in [0, 0.05) is 10.5 Å². The Kier molecular flexibility index (Phi) is 7.46. The average molecular weight is 379 g/mol. The standard InChI is InChI=1S/C16H30N2O4S2/c1-15(2,3)21-13(19)11(17)9-7-8-10(24-23-9)12(18)14(20)22-16(4,5)6/h9-12H,7-8,17-18H2,1-6H3. The van der Waals surface area contributed by atoms with Crippen LogP contribution in [-0.2, 0) is 19.1 Å². The molecule has 1 aliphatic heterocycles. The van der Waals surface area contributed by atoms with Gasteiger partial charge < -0.3 is 20.9 Å². The van der Waals surface area contributed by atoms with Gasteiger partial charge in [-0.15, -0.1) is 0 Å². The van der Waals surface area contributed by atoms with Gasteiger partial charge in [-0.25, -0.2) is 0 Å². The van der Waals surface area contributed by atoms with E-state index in [0.29, 0.717) is 12.8 Å². The maximum atomic E-state index is 12.1. The molecule has 8 heteroatoms. The summed E-state index contributed by atoms with van der Waals surface area (Å²) in [5.74, 6) is -0.786. The van der Waals surface area contributed by atoms with Gasteiger partial charge in [-0.05, 0) is 54.4 Å². The molecule has 1 heterocycles. The number of esters is 2. The number of carbonyl (C=O) groups excluding carboxylic acids is 2. The highest BCUT2D eigenvalue weighted by molar-refractivity contribution is 8.77. The Hall–Kier alpha value is -0.440. The predicted octanol–water partition coefficient (Wildman–Crippen LogP) is 2.24. The quantitative estimate of drug-likeness (QED) is 0.567. The minimum Gasteiger partial charge on any atom is -0.459 e. The fraction of sp³-hybridized carbons (Fsp3) is 0.875. The van der Waals surface area contributed by atoms with Gasteiger partial charge in [0.2, 0.25) is 0 Å². The third kappa shape index (κ3) is 7.21. The van der Waals surface area contributed by atoms with Crippen LogP contribution in [0.5, 0.6) is 0 Å². The molecule has 4 atom stereocenters. The molecule has 1 fully saturated rings. The molecule has 24 heavy (non-hydrogen) atoms. The molecule has 0 saturated carbocycles. The van der Waals surface area contributed by atoms with Crippen LogP contribution < -0.4 is 11.5 Å². The number of ether oxygens (including phenoxy) is 2. The van der Waals surface area contributed by atoms with Crippen molar-refractivity contribution in [2.75, 3.05) is 0 Å². The van der Waals surface area contributed by atoms with Crippen LogP contribution in [0.15, 0.2) is 0 Å². The van der Waals surface area contributed by atoms with Gasteiger partial charge in [0.05, 0.1) is 0 Å². The molecule has 1 aliphatic rings. The first-order valence-corrected chi connectivity index (χ1v) is 10.4. The largest absolute Gasteiger partial charge is 0.459 e. The maximum absolute atomic E-state index is 12.1. The lowest BCUT2D eigenvalue weighted by Gasteiger charge is -2.33. The Balaban J connectivity index is 2.51. The summed E-state index contributed by atoms with van der Waals surface area (Å²) in [6.45, 7) is 10.9. The molecule has 1 saturated heterocycles. The second-order valence-electron chi connectivity index (χ2n) is 7.97. The topological polar surface area (TPSA) is 105 Å². The molecule has 0 aromatic carbocycles. The van der Waals surface area contributed by atoms with Crippen LogP contribution in [0.4, 0.5) is 0 Å². The molecule has 1 rings (SSSR count). The van der Waals surface area contributed by atoms with Gasteiger partial charge in [-0.2, -0.15) is 0 Å². The zero-order valence-electron chi connectivity index (χ0n) is 15.3. The zero-order chi connectivity index (χ0) is 18.7. The van der Waals surface area contributed by atoms with E-state index in [1.54, 1.807) is 0 Å². The summed E-state index contributed by atoms with van der Waals surface area (Å²) in [5, 5.41) is -0.0983. The van der Waals surface area contributed by atoms with Gasteiger partial charge in [-0.1, -0.05) is 21.6 Å².